The number of carbonyl (C=O) groups is 1. The number of hydrogen-bond acceptors (Lipinski definition) is 7. The smallest absolute Gasteiger partial charge is 0.344 e. The Morgan fingerprint density at radius 2 is 1.79 bits per heavy atom. The van der Waals surface area contributed by atoms with E-state index in [0.717, 1.165) is 4.47 Å². The molecule has 0 N–H and O–H groups in total. The second kappa shape index (κ2) is 7.56. The minimum atomic E-state index is -0.633. The fourth-order valence-corrected chi connectivity index (χ4v) is 3.32. The van der Waals surface area contributed by atoms with Gasteiger partial charge in [-0.3, -0.25) is 0 Å². The molecule has 2 aromatic heterocycles. The van der Waals surface area contributed by atoms with Crippen LogP contribution in [0.15, 0.2) is 71.4 Å². The molecule has 0 saturated carbocycles. The van der Waals surface area contributed by atoms with E-state index in [2.05, 4.69) is 20.7 Å². The normalized spacial score (nSPS) is 11.0. The van der Waals surface area contributed by atoms with Gasteiger partial charge in [0.1, 0.15) is 16.9 Å². The molecule has 0 unspecified atom stereocenters. The van der Waals surface area contributed by atoms with Crippen LogP contribution in [0.1, 0.15) is 0 Å². The second-order valence-corrected chi connectivity index (χ2v) is 7.05. The van der Waals surface area contributed by atoms with Gasteiger partial charge in [0.25, 0.3) is 0 Å². The molecule has 2 aromatic carbocycles. The minimum Gasteiger partial charge on any atom is -0.482 e. The first-order valence-corrected chi connectivity index (χ1v) is 9.25. The predicted molar refractivity (Wildman–Crippen MR) is 109 cm³/mol. The number of methoxy groups -OCH3 is 1. The Kier molecular flexibility index (Phi) is 4.94. The Labute approximate surface area is 171 Å². The molecule has 0 aliphatic carbocycles. The fourth-order valence-electron chi connectivity index (χ4n) is 2.94. The van der Waals surface area contributed by atoms with Crippen molar-refractivity contribution in [3.05, 3.63) is 73.8 Å². The van der Waals surface area contributed by atoms with E-state index in [1.807, 2.05) is 6.07 Å². The molecule has 29 heavy (non-hydrogen) atoms. The molecule has 0 aliphatic rings. The number of hydrogen-bond donors (Lipinski definition) is 0. The van der Waals surface area contributed by atoms with Crippen LogP contribution < -0.4 is 16.0 Å². The highest BCUT2D eigenvalue weighted by Gasteiger charge is 2.15. The van der Waals surface area contributed by atoms with Gasteiger partial charge in [-0.25, -0.2) is 14.4 Å². The Balaban J connectivity index is 1.87. The minimum absolute atomic E-state index is 0.212. The highest BCUT2D eigenvalue weighted by Crippen LogP contribution is 2.30. The van der Waals surface area contributed by atoms with Crippen molar-refractivity contribution >= 4 is 43.8 Å². The van der Waals surface area contributed by atoms with Crippen LogP contribution in [0.25, 0.3) is 33.1 Å². The molecule has 8 heteroatoms. The summed E-state index contributed by atoms with van der Waals surface area (Å²) in [5, 5.41) is 1.23. The maximum absolute atomic E-state index is 12.6. The molecule has 0 fully saturated rings. The van der Waals surface area contributed by atoms with Crippen molar-refractivity contribution < 1.29 is 23.1 Å². The lowest BCUT2D eigenvalue weighted by molar-refractivity contribution is -0.142. The molecule has 4 aromatic rings. The van der Waals surface area contributed by atoms with Crippen molar-refractivity contribution in [1.29, 1.82) is 0 Å². The number of rotatable bonds is 4. The maximum atomic E-state index is 12.6. The number of benzene rings is 2. The summed E-state index contributed by atoms with van der Waals surface area (Å²) >= 11 is 3.39. The SMILES string of the molecule is COC(=O)COc1ccc2c(-c3cc4cc(Br)ccc4oc3=O)cc(=O)oc2c1. The molecule has 0 amide bonds. The summed E-state index contributed by atoms with van der Waals surface area (Å²) in [5.41, 5.74) is 0.0588. The molecule has 0 aliphatic heterocycles. The summed E-state index contributed by atoms with van der Waals surface area (Å²) in [6.45, 7) is -0.283. The van der Waals surface area contributed by atoms with Gasteiger partial charge in [-0.1, -0.05) is 15.9 Å². The molecule has 0 atom stereocenters. The number of esters is 1. The molecule has 146 valence electrons. The Morgan fingerprint density at radius 1 is 0.966 bits per heavy atom. The predicted octanol–water partition coefficient (Wildman–Crippen LogP) is 3.88. The van der Waals surface area contributed by atoms with Crippen molar-refractivity contribution in [2.24, 2.45) is 0 Å². The highest BCUT2D eigenvalue weighted by molar-refractivity contribution is 9.10. The van der Waals surface area contributed by atoms with Gasteiger partial charge in [0, 0.05) is 32.9 Å². The van der Waals surface area contributed by atoms with Gasteiger partial charge in [0.15, 0.2) is 6.61 Å². The van der Waals surface area contributed by atoms with Crippen molar-refractivity contribution in [2.45, 2.75) is 0 Å². The lowest BCUT2D eigenvalue weighted by Gasteiger charge is -2.08. The van der Waals surface area contributed by atoms with Gasteiger partial charge in [-0.05, 0) is 36.4 Å². The van der Waals surface area contributed by atoms with Crippen LogP contribution >= 0.6 is 15.9 Å². The first kappa shape index (κ1) is 18.9. The van der Waals surface area contributed by atoms with Gasteiger partial charge < -0.3 is 18.3 Å². The number of halogens is 1. The van der Waals surface area contributed by atoms with Crippen LogP contribution in [0.2, 0.25) is 0 Å². The Hall–Kier alpha value is -3.39. The third-order valence-electron chi connectivity index (χ3n) is 4.28. The zero-order chi connectivity index (χ0) is 20.5. The zero-order valence-electron chi connectivity index (χ0n) is 15.1. The summed E-state index contributed by atoms with van der Waals surface area (Å²) in [5.74, 6) is -0.224. The van der Waals surface area contributed by atoms with E-state index in [0.29, 0.717) is 27.7 Å². The topological polar surface area (TPSA) is 96.0 Å². The third-order valence-corrected chi connectivity index (χ3v) is 4.78. The van der Waals surface area contributed by atoms with Gasteiger partial charge in [-0.15, -0.1) is 0 Å². The molecular weight excluding hydrogens is 444 g/mol. The van der Waals surface area contributed by atoms with E-state index in [1.54, 1.807) is 30.3 Å². The van der Waals surface area contributed by atoms with E-state index in [9.17, 15) is 14.4 Å². The van der Waals surface area contributed by atoms with Crippen LogP contribution in [0, 0.1) is 0 Å². The van der Waals surface area contributed by atoms with Crippen LogP contribution in [0.3, 0.4) is 0 Å². The number of carbonyl (C=O) groups excluding carboxylic acids is 1. The summed E-state index contributed by atoms with van der Waals surface area (Å²) in [7, 11) is 1.26. The molecule has 4 rings (SSSR count). The number of fused-ring (bicyclic) bond motifs is 2. The monoisotopic (exact) mass is 456 g/mol. The summed E-state index contributed by atoms with van der Waals surface area (Å²) in [4.78, 5) is 35.9. The maximum Gasteiger partial charge on any atom is 0.344 e. The second-order valence-electron chi connectivity index (χ2n) is 6.13. The zero-order valence-corrected chi connectivity index (χ0v) is 16.6. The van der Waals surface area contributed by atoms with Crippen LogP contribution in [0.4, 0.5) is 0 Å². The molecule has 0 bridgehead atoms. The van der Waals surface area contributed by atoms with Gasteiger partial charge in [0.2, 0.25) is 0 Å². The van der Waals surface area contributed by atoms with E-state index in [-0.39, 0.29) is 17.8 Å². The standard InChI is InChI=1S/C21H13BrO7/c1-26-20(24)10-27-13-3-4-14-15(9-19(23)28-18(14)8-13)16-7-11-6-12(22)2-5-17(11)29-21(16)25/h2-9H,10H2,1H3. The quantitative estimate of drug-likeness (QED) is 0.339. The first-order valence-electron chi connectivity index (χ1n) is 8.46. The molecule has 2 heterocycles. The van der Waals surface area contributed by atoms with Gasteiger partial charge >= 0.3 is 17.2 Å². The highest BCUT2D eigenvalue weighted by atomic mass is 79.9. The molecular formula is C21H13BrO7. The Morgan fingerprint density at radius 3 is 2.59 bits per heavy atom. The van der Waals surface area contributed by atoms with Crippen LogP contribution in [-0.4, -0.2) is 19.7 Å². The van der Waals surface area contributed by atoms with E-state index in [1.165, 1.54) is 19.2 Å². The Bertz CT molecular complexity index is 1370. The molecule has 0 radical (unpaired) electrons. The van der Waals surface area contributed by atoms with Crippen LogP contribution in [0.5, 0.6) is 5.75 Å². The van der Waals surface area contributed by atoms with Crippen molar-refractivity contribution in [3.8, 4) is 16.9 Å². The van der Waals surface area contributed by atoms with Crippen molar-refractivity contribution in [1.82, 2.24) is 0 Å². The van der Waals surface area contributed by atoms with Crippen molar-refractivity contribution in [2.75, 3.05) is 13.7 Å². The molecule has 0 spiro atoms. The average molecular weight is 457 g/mol. The van der Waals surface area contributed by atoms with E-state index >= 15 is 0 Å². The molecule has 7 nitrogen and oxygen atoms in total. The van der Waals surface area contributed by atoms with E-state index in [4.69, 9.17) is 13.6 Å². The van der Waals surface area contributed by atoms with Crippen molar-refractivity contribution in [3.63, 3.8) is 0 Å². The summed E-state index contributed by atoms with van der Waals surface area (Å²) in [6.07, 6.45) is 0. The fraction of sp³-hybridized carbons (Fsp3) is 0.0952. The lowest BCUT2D eigenvalue weighted by Crippen LogP contribution is -2.12. The number of ether oxygens (including phenoxy) is 2. The van der Waals surface area contributed by atoms with Gasteiger partial charge in [-0.2, -0.15) is 0 Å². The first-order chi connectivity index (χ1) is 13.9. The summed E-state index contributed by atoms with van der Waals surface area (Å²) in [6, 6.07) is 12.9. The largest absolute Gasteiger partial charge is 0.482 e. The molecule has 0 saturated heterocycles. The third kappa shape index (κ3) is 3.79. The average Bonchev–Trinajstić information content (AvgIpc) is 2.70. The summed E-state index contributed by atoms with van der Waals surface area (Å²) < 4.78 is 21.3. The lowest BCUT2D eigenvalue weighted by atomic mass is 10.0. The van der Waals surface area contributed by atoms with E-state index < -0.39 is 17.2 Å². The van der Waals surface area contributed by atoms with Gasteiger partial charge in [0.05, 0.1) is 12.7 Å². The van der Waals surface area contributed by atoms with Crippen LogP contribution in [-0.2, 0) is 9.53 Å².